The fourth-order valence-corrected chi connectivity index (χ4v) is 8.42. The zero-order valence-electron chi connectivity index (χ0n) is 23.3. The average molecular weight is 633 g/mol. The quantitative estimate of drug-likeness (QED) is 0.228. The van der Waals surface area contributed by atoms with Gasteiger partial charge < -0.3 is 9.84 Å². The molecule has 3 fully saturated rings. The third kappa shape index (κ3) is 3.76. The molecule has 6 atom stereocenters. The first-order valence-electron chi connectivity index (χ1n) is 14.1. The molecule has 0 unspecified atom stereocenters. The monoisotopic (exact) mass is 632 g/mol. The maximum atomic E-state index is 15.1. The number of anilines is 1. The third-order valence-corrected chi connectivity index (χ3v) is 10.3. The highest BCUT2D eigenvalue weighted by Crippen LogP contribution is 2.65. The number of phenols is 1. The maximum absolute atomic E-state index is 15.1. The van der Waals surface area contributed by atoms with Crippen molar-refractivity contribution in [3.05, 3.63) is 99.6 Å². The van der Waals surface area contributed by atoms with Crippen LogP contribution in [-0.4, -0.2) is 46.1 Å². The van der Waals surface area contributed by atoms with Crippen LogP contribution in [0.1, 0.15) is 29.9 Å². The minimum absolute atomic E-state index is 0.0207. The number of amides is 4. The normalized spacial score (nSPS) is 29.4. The molecule has 0 spiro atoms. The smallest absolute Gasteiger partial charge is 0.257 e. The van der Waals surface area contributed by atoms with Crippen molar-refractivity contribution in [2.45, 2.75) is 24.2 Å². The van der Waals surface area contributed by atoms with E-state index in [1.807, 2.05) is 12.1 Å². The number of rotatable bonds is 4. The Kier molecular flexibility index (Phi) is 6.62. The molecule has 0 radical (unpaired) electrons. The van der Waals surface area contributed by atoms with E-state index in [0.29, 0.717) is 27.4 Å². The van der Waals surface area contributed by atoms with E-state index >= 15 is 4.79 Å². The van der Waals surface area contributed by atoms with Crippen LogP contribution in [0.25, 0.3) is 0 Å². The standard InChI is InChI=1S/C33H26Cl2N2O7/c1-44-25-13-16(12-24(35)28(25)38)27-20-10-11-21-26(31(41)37(43)29(21)39)22(20)15-23-30(40)36(19-9-5-8-18(34)14-19)32(42)33(23,27)17-6-3-2-4-7-17/h2-10,12-14,21-23,26-27,38,43H,11,15H2,1H3/t21-,22+,23-,26-,27-,33+/m0/s1. The van der Waals surface area contributed by atoms with Crippen LogP contribution in [0, 0.1) is 23.7 Å². The molecular weight excluding hydrogens is 607 g/mol. The summed E-state index contributed by atoms with van der Waals surface area (Å²) in [5.74, 6) is -6.77. The molecule has 9 nitrogen and oxygen atoms in total. The number of phenolic OH excluding ortho intramolecular Hbond substituents is 1. The molecule has 44 heavy (non-hydrogen) atoms. The first-order valence-corrected chi connectivity index (χ1v) is 14.9. The van der Waals surface area contributed by atoms with E-state index < -0.39 is 58.6 Å². The molecule has 2 aliphatic heterocycles. The van der Waals surface area contributed by atoms with Gasteiger partial charge in [0.2, 0.25) is 11.8 Å². The van der Waals surface area contributed by atoms with Gasteiger partial charge in [0.05, 0.1) is 41.0 Å². The number of hydrogen-bond donors (Lipinski definition) is 2. The molecule has 11 heteroatoms. The topological polar surface area (TPSA) is 124 Å². The second-order valence-corrected chi connectivity index (χ2v) is 12.5. The molecule has 4 amide bonds. The minimum atomic E-state index is -1.51. The SMILES string of the molecule is COc1cc([C@H]2C3=CC[C@@H]4C(=O)N(O)C(=O)[C@@H]4[C@@H]3C[C@H]3C(=O)N(c4cccc(Cl)c4)C(=O)[C@@]23c2ccccc2)cc(Cl)c1O. The van der Waals surface area contributed by atoms with E-state index in [2.05, 4.69) is 0 Å². The van der Waals surface area contributed by atoms with Crippen LogP contribution in [0.4, 0.5) is 5.69 Å². The molecule has 0 aromatic heterocycles. The van der Waals surface area contributed by atoms with Crippen LogP contribution < -0.4 is 9.64 Å². The Balaban J connectivity index is 1.54. The number of carbonyl (C=O) groups excluding carboxylic acids is 4. The number of carbonyl (C=O) groups is 4. The summed E-state index contributed by atoms with van der Waals surface area (Å²) in [5.41, 5.74) is 0.548. The van der Waals surface area contributed by atoms with Gasteiger partial charge in [-0.05, 0) is 60.2 Å². The number of benzene rings is 3. The van der Waals surface area contributed by atoms with E-state index in [9.17, 15) is 24.7 Å². The summed E-state index contributed by atoms with van der Waals surface area (Å²) >= 11 is 12.8. The number of fused-ring (bicyclic) bond motifs is 4. The number of hydroxylamine groups is 2. The lowest BCUT2D eigenvalue weighted by Gasteiger charge is -2.50. The van der Waals surface area contributed by atoms with Crippen LogP contribution in [0.3, 0.4) is 0 Å². The van der Waals surface area contributed by atoms with E-state index in [1.54, 1.807) is 60.7 Å². The van der Waals surface area contributed by atoms with Crippen LogP contribution >= 0.6 is 23.2 Å². The minimum Gasteiger partial charge on any atom is -0.503 e. The molecular formula is C33H26Cl2N2O7. The highest BCUT2D eigenvalue weighted by atomic mass is 35.5. The Labute approximate surface area is 262 Å². The first kappa shape index (κ1) is 28.6. The summed E-state index contributed by atoms with van der Waals surface area (Å²) in [6, 6.07) is 18.6. The lowest BCUT2D eigenvalue weighted by Crippen LogP contribution is -2.53. The first-order chi connectivity index (χ1) is 21.1. The zero-order valence-corrected chi connectivity index (χ0v) is 24.8. The van der Waals surface area contributed by atoms with E-state index in [4.69, 9.17) is 27.9 Å². The van der Waals surface area contributed by atoms with Gasteiger partial charge >= 0.3 is 0 Å². The van der Waals surface area contributed by atoms with Gasteiger partial charge in [0.15, 0.2) is 11.5 Å². The summed E-state index contributed by atoms with van der Waals surface area (Å²) in [7, 11) is 1.38. The van der Waals surface area contributed by atoms with Crippen molar-refractivity contribution in [2.75, 3.05) is 12.0 Å². The van der Waals surface area contributed by atoms with Gasteiger partial charge in [-0.2, -0.15) is 5.06 Å². The Bertz CT molecular complexity index is 1790. The average Bonchev–Trinajstić information content (AvgIpc) is 3.39. The van der Waals surface area contributed by atoms with Crippen molar-refractivity contribution in [3.63, 3.8) is 0 Å². The van der Waals surface area contributed by atoms with Crippen molar-refractivity contribution >= 4 is 52.5 Å². The number of aromatic hydroxyl groups is 1. The van der Waals surface area contributed by atoms with E-state index in [-0.39, 0.29) is 34.4 Å². The molecule has 2 aliphatic carbocycles. The molecule has 1 saturated carbocycles. The largest absolute Gasteiger partial charge is 0.503 e. The van der Waals surface area contributed by atoms with Gasteiger partial charge in [-0.3, -0.25) is 24.4 Å². The van der Waals surface area contributed by atoms with Gasteiger partial charge in [-0.15, -0.1) is 0 Å². The second kappa shape index (κ2) is 10.2. The number of allylic oxidation sites excluding steroid dienone is 2. The van der Waals surface area contributed by atoms with Crippen LogP contribution in [-0.2, 0) is 24.6 Å². The number of hydrogen-bond acceptors (Lipinski definition) is 7. The molecule has 7 rings (SSSR count). The van der Waals surface area contributed by atoms with Gasteiger partial charge in [-0.25, -0.2) is 4.90 Å². The Hall–Kier alpha value is -4.18. The van der Waals surface area contributed by atoms with Crippen LogP contribution in [0.2, 0.25) is 10.0 Å². The number of halogens is 2. The van der Waals surface area contributed by atoms with E-state index in [0.717, 1.165) is 4.90 Å². The van der Waals surface area contributed by atoms with Crippen molar-refractivity contribution in [2.24, 2.45) is 23.7 Å². The van der Waals surface area contributed by atoms with Crippen LogP contribution in [0.5, 0.6) is 11.5 Å². The summed E-state index contributed by atoms with van der Waals surface area (Å²) < 4.78 is 5.44. The summed E-state index contributed by atoms with van der Waals surface area (Å²) in [6.45, 7) is 0. The predicted octanol–water partition coefficient (Wildman–Crippen LogP) is 5.26. The number of ether oxygens (including phenoxy) is 1. The fourth-order valence-electron chi connectivity index (χ4n) is 8.02. The Morgan fingerprint density at radius 1 is 0.909 bits per heavy atom. The second-order valence-electron chi connectivity index (χ2n) is 11.6. The predicted molar refractivity (Wildman–Crippen MR) is 159 cm³/mol. The summed E-state index contributed by atoms with van der Waals surface area (Å²) in [6.07, 6.45) is 2.10. The Morgan fingerprint density at radius 3 is 2.36 bits per heavy atom. The highest BCUT2D eigenvalue weighted by Gasteiger charge is 2.70. The third-order valence-electron chi connectivity index (χ3n) is 9.75. The van der Waals surface area contributed by atoms with Gasteiger partial charge in [-0.1, -0.05) is 71.2 Å². The molecule has 224 valence electrons. The number of nitrogens with zero attached hydrogens (tertiary/aromatic N) is 2. The molecule has 2 saturated heterocycles. The fraction of sp³-hybridized carbons (Fsp3) is 0.273. The van der Waals surface area contributed by atoms with Crippen LogP contribution in [0.15, 0.2) is 78.4 Å². The molecule has 3 aromatic rings. The van der Waals surface area contributed by atoms with Gasteiger partial charge in [0, 0.05) is 10.9 Å². The van der Waals surface area contributed by atoms with Crippen molar-refractivity contribution < 1.29 is 34.2 Å². The van der Waals surface area contributed by atoms with Gasteiger partial charge in [0.25, 0.3) is 11.8 Å². The maximum Gasteiger partial charge on any atom is 0.257 e. The highest BCUT2D eigenvalue weighted by molar-refractivity contribution is 6.33. The number of imide groups is 2. The van der Waals surface area contributed by atoms with Crippen molar-refractivity contribution in [1.82, 2.24) is 5.06 Å². The van der Waals surface area contributed by atoms with Crippen molar-refractivity contribution in [3.8, 4) is 11.5 Å². The molecule has 3 aromatic carbocycles. The summed E-state index contributed by atoms with van der Waals surface area (Å²) in [4.78, 5) is 57.0. The number of methoxy groups -OCH3 is 1. The van der Waals surface area contributed by atoms with Gasteiger partial charge in [0.1, 0.15) is 0 Å². The molecule has 4 aliphatic rings. The molecule has 0 bridgehead atoms. The molecule has 2 N–H and O–H groups in total. The Morgan fingerprint density at radius 2 is 1.66 bits per heavy atom. The lowest BCUT2D eigenvalue weighted by molar-refractivity contribution is -0.173. The van der Waals surface area contributed by atoms with E-state index in [1.165, 1.54) is 7.11 Å². The summed E-state index contributed by atoms with van der Waals surface area (Å²) in [5, 5.41) is 21.5. The van der Waals surface area contributed by atoms with Crippen molar-refractivity contribution in [1.29, 1.82) is 0 Å². The lowest BCUT2D eigenvalue weighted by atomic mass is 9.49. The molecule has 2 heterocycles. The zero-order chi connectivity index (χ0) is 31.1.